The Morgan fingerprint density at radius 1 is 1.38 bits per heavy atom. The van der Waals surface area contributed by atoms with Gasteiger partial charge in [0.1, 0.15) is 5.75 Å². The molecule has 90 valence electrons. The molecule has 0 spiro atoms. The molecule has 1 aromatic rings. The van der Waals surface area contributed by atoms with Crippen LogP contribution in [-0.2, 0) is 12.6 Å². The summed E-state index contributed by atoms with van der Waals surface area (Å²) in [5.74, 6) is -0.161. The number of hydrogen-bond donors (Lipinski definition) is 1. The minimum absolute atomic E-state index is 0.0959. The molecule has 0 fully saturated rings. The Morgan fingerprint density at radius 2 is 2.00 bits per heavy atom. The zero-order valence-corrected chi connectivity index (χ0v) is 9.14. The summed E-state index contributed by atoms with van der Waals surface area (Å²) in [4.78, 5) is 0. The lowest BCUT2D eigenvalue weighted by atomic mass is 10.0. The minimum Gasteiger partial charge on any atom is -0.496 e. The highest BCUT2D eigenvalue weighted by molar-refractivity contribution is 5.39. The molecule has 0 amide bonds. The van der Waals surface area contributed by atoms with Gasteiger partial charge < -0.3 is 10.5 Å². The van der Waals surface area contributed by atoms with Crippen LogP contribution in [0, 0.1) is 0 Å². The lowest BCUT2D eigenvalue weighted by molar-refractivity contribution is -0.138. The first-order valence-corrected chi connectivity index (χ1v) is 4.84. The smallest absolute Gasteiger partial charge is 0.419 e. The van der Waals surface area contributed by atoms with Crippen LogP contribution in [0.1, 0.15) is 18.1 Å². The van der Waals surface area contributed by atoms with Crippen LogP contribution in [0.3, 0.4) is 0 Å². The van der Waals surface area contributed by atoms with Gasteiger partial charge in [0, 0.05) is 6.04 Å². The number of halogens is 3. The molecular weight excluding hydrogens is 219 g/mol. The van der Waals surface area contributed by atoms with E-state index in [1.54, 1.807) is 6.92 Å². The van der Waals surface area contributed by atoms with E-state index in [4.69, 9.17) is 10.5 Å². The van der Waals surface area contributed by atoms with Crippen molar-refractivity contribution < 1.29 is 17.9 Å². The third-order valence-corrected chi connectivity index (χ3v) is 2.13. The second kappa shape index (κ2) is 4.74. The quantitative estimate of drug-likeness (QED) is 0.870. The molecule has 0 aliphatic rings. The molecule has 1 aromatic carbocycles. The number of rotatable bonds is 3. The summed E-state index contributed by atoms with van der Waals surface area (Å²) >= 11 is 0. The Balaban J connectivity index is 3.07. The van der Waals surface area contributed by atoms with Gasteiger partial charge >= 0.3 is 6.18 Å². The zero-order valence-electron chi connectivity index (χ0n) is 9.14. The van der Waals surface area contributed by atoms with Crippen molar-refractivity contribution in [2.75, 3.05) is 7.11 Å². The summed E-state index contributed by atoms with van der Waals surface area (Å²) in [5.41, 5.74) is 5.55. The standard InChI is InChI=1S/C11H14F3NO/c1-7(15)5-8-3-4-9(11(12,13)14)10(6-8)16-2/h3-4,6-7H,5,15H2,1-2H3/t7-/m1/s1. The Kier molecular flexibility index (Phi) is 3.80. The molecule has 0 saturated heterocycles. The van der Waals surface area contributed by atoms with Gasteiger partial charge in [0.2, 0.25) is 0 Å². The number of alkyl halides is 3. The molecule has 0 aromatic heterocycles. The summed E-state index contributed by atoms with van der Waals surface area (Å²) in [6, 6.07) is 3.73. The van der Waals surface area contributed by atoms with Gasteiger partial charge in [0.25, 0.3) is 0 Å². The first-order valence-electron chi connectivity index (χ1n) is 4.84. The SMILES string of the molecule is COc1cc(C[C@@H](C)N)ccc1C(F)(F)F. The second-order valence-corrected chi connectivity index (χ2v) is 3.71. The molecule has 0 aliphatic heterocycles. The van der Waals surface area contributed by atoms with Crippen LogP contribution in [0.25, 0.3) is 0 Å². The van der Waals surface area contributed by atoms with Gasteiger partial charge in [0.15, 0.2) is 0 Å². The largest absolute Gasteiger partial charge is 0.496 e. The fourth-order valence-corrected chi connectivity index (χ4v) is 1.47. The predicted octanol–water partition coefficient (Wildman–Crippen LogP) is 2.60. The zero-order chi connectivity index (χ0) is 12.3. The summed E-state index contributed by atoms with van der Waals surface area (Å²) in [6.45, 7) is 1.80. The number of ether oxygens (including phenoxy) is 1. The van der Waals surface area contributed by atoms with Gasteiger partial charge in [-0.25, -0.2) is 0 Å². The average molecular weight is 233 g/mol. The summed E-state index contributed by atoms with van der Waals surface area (Å²) < 4.78 is 42.3. The number of hydrogen-bond acceptors (Lipinski definition) is 2. The third kappa shape index (κ3) is 3.13. The van der Waals surface area contributed by atoms with E-state index in [1.807, 2.05) is 0 Å². The lowest BCUT2D eigenvalue weighted by Gasteiger charge is -2.13. The van der Waals surface area contributed by atoms with Gasteiger partial charge in [-0.15, -0.1) is 0 Å². The van der Waals surface area contributed by atoms with Crippen LogP contribution in [0.4, 0.5) is 13.2 Å². The van der Waals surface area contributed by atoms with Crippen molar-refractivity contribution in [2.24, 2.45) is 5.73 Å². The van der Waals surface area contributed by atoms with Crippen molar-refractivity contribution >= 4 is 0 Å². The van der Waals surface area contributed by atoms with Gasteiger partial charge in [-0.3, -0.25) is 0 Å². The van der Waals surface area contributed by atoms with Crippen molar-refractivity contribution in [1.82, 2.24) is 0 Å². The summed E-state index contributed by atoms with van der Waals surface area (Å²) in [6.07, 6.45) is -3.87. The molecule has 0 saturated carbocycles. The van der Waals surface area contributed by atoms with E-state index in [0.717, 1.165) is 11.6 Å². The van der Waals surface area contributed by atoms with Crippen LogP contribution in [0.15, 0.2) is 18.2 Å². The number of methoxy groups -OCH3 is 1. The molecule has 0 aliphatic carbocycles. The molecule has 0 heterocycles. The first-order chi connectivity index (χ1) is 7.34. The molecule has 0 bridgehead atoms. The minimum atomic E-state index is -4.39. The number of nitrogens with two attached hydrogens (primary N) is 1. The van der Waals surface area contributed by atoms with Crippen LogP contribution in [0.5, 0.6) is 5.75 Å². The first kappa shape index (κ1) is 12.8. The van der Waals surface area contributed by atoms with E-state index in [2.05, 4.69) is 0 Å². The molecule has 2 N–H and O–H groups in total. The lowest BCUT2D eigenvalue weighted by Crippen LogP contribution is -2.18. The van der Waals surface area contributed by atoms with Crippen molar-refractivity contribution in [2.45, 2.75) is 25.6 Å². The van der Waals surface area contributed by atoms with Crippen LogP contribution in [-0.4, -0.2) is 13.2 Å². The van der Waals surface area contributed by atoms with Gasteiger partial charge in [-0.05, 0) is 31.0 Å². The fourth-order valence-electron chi connectivity index (χ4n) is 1.47. The molecule has 1 atom stereocenters. The highest BCUT2D eigenvalue weighted by atomic mass is 19.4. The van der Waals surface area contributed by atoms with Crippen LogP contribution < -0.4 is 10.5 Å². The maximum Gasteiger partial charge on any atom is 0.419 e. The number of benzene rings is 1. The molecule has 16 heavy (non-hydrogen) atoms. The molecule has 0 unspecified atom stereocenters. The third-order valence-electron chi connectivity index (χ3n) is 2.13. The van der Waals surface area contributed by atoms with E-state index >= 15 is 0 Å². The Hall–Kier alpha value is -1.23. The van der Waals surface area contributed by atoms with Crippen LogP contribution in [0.2, 0.25) is 0 Å². The van der Waals surface area contributed by atoms with Crippen molar-refractivity contribution in [3.8, 4) is 5.75 Å². The van der Waals surface area contributed by atoms with Gasteiger partial charge in [0.05, 0.1) is 12.7 Å². The topological polar surface area (TPSA) is 35.2 Å². The summed E-state index contributed by atoms with van der Waals surface area (Å²) in [7, 11) is 1.22. The van der Waals surface area contributed by atoms with E-state index in [1.165, 1.54) is 19.2 Å². The van der Waals surface area contributed by atoms with Crippen molar-refractivity contribution in [1.29, 1.82) is 0 Å². The average Bonchev–Trinajstić information content (AvgIpc) is 2.14. The van der Waals surface area contributed by atoms with Gasteiger partial charge in [-0.2, -0.15) is 13.2 Å². The molecule has 1 rings (SSSR count). The molecule has 2 nitrogen and oxygen atoms in total. The fraction of sp³-hybridized carbons (Fsp3) is 0.455. The van der Waals surface area contributed by atoms with E-state index in [9.17, 15) is 13.2 Å². The van der Waals surface area contributed by atoms with E-state index in [-0.39, 0.29) is 11.8 Å². The monoisotopic (exact) mass is 233 g/mol. The highest BCUT2D eigenvalue weighted by Crippen LogP contribution is 2.36. The normalized spacial score (nSPS) is 13.6. The maximum absolute atomic E-state index is 12.5. The highest BCUT2D eigenvalue weighted by Gasteiger charge is 2.34. The molecule has 0 radical (unpaired) electrons. The predicted molar refractivity (Wildman–Crippen MR) is 55.3 cm³/mol. The maximum atomic E-state index is 12.5. The Morgan fingerprint density at radius 3 is 2.44 bits per heavy atom. The van der Waals surface area contributed by atoms with Crippen molar-refractivity contribution in [3.05, 3.63) is 29.3 Å². The van der Waals surface area contributed by atoms with Crippen LogP contribution >= 0.6 is 0 Å². The molecular formula is C11H14F3NO. The molecule has 5 heteroatoms. The van der Waals surface area contributed by atoms with Gasteiger partial charge in [-0.1, -0.05) is 6.07 Å². The second-order valence-electron chi connectivity index (χ2n) is 3.71. The summed E-state index contributed by atoms with van der Waals surface area (Å²) in [5, 5.41) is 0. The Labute approximate surface area is 92.2 Å². The van der Waals surface area contributed by atoms with Crippen molar-refractivity contribution in [3.63, 3.8) is 0 Å². The van der Waals surface area contributed by atoms with E-state index < -0.39 is 11.7 Å². The van der Waals surface area contributed by atoms with E-state index in [0.29, 0.717) is 6.42 Å². The Bertz CT molecular complexity index is 361.